The predicted octanol–water partition coefficient (Wildman–Crippen LogP) is 7.14. The van der Waals surface area contributed by atoms with E-state index in [2.05, 4.69) is 18.7 Å². The minimum Gasteiger partial charge on any atom is -0.497 e. The zero-order valence-electron chi connectivity index (χ0n) is 27.7. The van der Waals surface area contributed by atoms with Crippen molar-refractivity contribution in [1.82, 2.24) is 0 Å². The van der Waals surface area contributed by atoms with E-state index in [0.29, 0.717) is 47.0 Å². The van der Waals surface area contributed by atoms with Crippen molar-refractivity contribution in [3.63, 3.8) is 0 Å². The monoisotopic (exact) mass is 840 g/mol. The second-order valence-electron chi connectivity index (χ2n) is 10.8. The Kier molecular flexibility index (Phi) is 13.3. The molecule has 5 rings (SSSR count). The predicted molar refractivity (Wildman–Crippen MR) is 190 cm³/mol. The van der Waals surface area contributed by atoms with E-state index in [0.717, 1.165) is 12.1 Å². The number of sulfone groups is 2. The third-order valence-corrected chi connectivity index (χ3v) is 13.2. The van der Waals surface area contributed by atoms with Crippen molar-refractivity contribution in [2.75, 3.05) is 7.11 Å². The van der Waals surface area contributed by atoms with Crippen LogP contribution >= 0.6 is 24.1 Å². The van der Waals surface area contributed by atoms with Crippen LogP contribution in [0.15, 0.2) is 137 Å². The molecule has 0 bridgehead atoms. The van der Waals surface area contributed by atoms with Crippen molar-refractivity contribution in [2.24, 2.45) is 0 Å². The molecule has 5 aromatic rings. The lowest BCUT2D eigenvalue weighted by Gasteiger charge is -2.15. The smallest absolute Gasteiger partial charge is 0.298 e. The van der Waals surface area contributed by atoms with E-state index in [-0.39, 0.29) is 42.6 Å². The summed E-state index contributed by atoms with van der Waals surface area (Å²) in [7, 11) is -11.8. The number of rotatable bonds is 17. The first-order chi connectivity index (χ1) is 25.7. The molecule has 54 heavy (non-hydrogen) atoms. The summed E-state index contributed by atoms with van der Waals surface area (Å²) in [6.45, 7) is 1.63. The quantitative estimate of drug-likeness (QED) is 0.0366. The van der Waals surface area contributed by atoms with E-state index in [9.17, 15) is 29.8 Å². The fourth-order valence-corrected chi connectivity index (χ4v) is 8.99. The first kappa shape index (κ1) is 40.9. The van der Waals surface area contributed by atoms with Gasteiger partial charge < -0.3 is 14.2 Å². The zero-order chi connectivity index (χ0) is 39.1. The van der Waals surface area contributed by atoms with Crippen LogP contribution < -0.4 is 14.2 Å². The molecule has 0 aliphatic heterocycles. The molecule has 0 aromatic heterocycles. The van der Waals surface area contributed by atoms with E-state index in [1.807, 2.05) is 0 Å². The van der Waals surface area contributed by atoms with Crippen molar-refractivity contribution in [1.29, 1.82) is 0 Å². The Bertz CT molecular complexity index is 2440. The van der Waals surface area contributed by atoms with Gasteiger partial charge in [0.15, 0.2) is 0 Å². The van der Waals surface area contributed by atoms with Crippen molar-refractivity contribution in [3.05, 3.63) is 114 Å². The molecular weight excluding hydrogens is 813 g/mol. The van der Waals surface area contributed by atoms with E-state index >= 15 is 0 Å². The van der Waals surface area contributed by atoms with Crippen molar-refractivity contribution in [3.8, 4) is 23.0 Å². The van der Waals surface area contributed by atoms with Gasteiger partial charge in [0.25, 0.3) is 10.1 Å². The lowest BCUT2D eigenvalue weighted by molar-refractivity contribution is -0.432. The van der Waals surface area contributed by atoms with Crippen LogP contribution in [-0.4, -0.2) is 47.4 Å². The number of aryl methyl sites for hydroxylation is 1. The Labute approximate surface area is 317 Å². The van der Waals surface area contributed by atoms with Gasteiger partial charge in [-0.1, -0.05) is 28.3 Å². The molecule has 16 nitrogen and oxygen atoms in total. The molecular formula is C33H28O16S5. The molecule has 0 unspecified atom stereocenters. The number of benzene rings is 5. The molecule has 0 amide bonds. The summed E-state index contributed by atoms with van der Waals surface area (Å²) in [4.78, 5) is -1.18. The third kappa shape index (κ3) is 9.70. The van der Waals surface area contributed by atoms with Crippen LogP contribution in [0.4, 0.5) is 0 Å². The van der Waals surface area contributed by atoms with Crippen LogP contribution in [0.2, 0.25) is 0 Å². The number of hydrogen-bond acceptors (Lipinski definition) is 17. The molecule has 286 valence electrons. The Morgan fingerprint density at radius 1 is 0.593 bits per heavy atom. The zero-order valence-corrected chi connectivity index (χ0v) is 31.8. The average molecular weight is 841 g/mol. The maximum Gasteiger partial charge on any atom is 0.298 e. The van der Waals surface area contributed by atoms with E-state index in [1.165, 1.54) is 67.8 Å². The van der Waals surface area contributed by atoms with Crippen LogP contribution in [-0.2, 0) is 55.1 Å². The van der Waals surface area contributed by atoms with Gasteiger partial charge in [-0.05, 0) is 103 Å². The Morgan fingerprint density at radius 3 is 1.72 bits per heavy atom. The average Bonchev–Trinajstić information content (AvgIpc) is 3.16. The molecule has 0 heterocycles. The summed E-state index contributed by atoms with van der Waals surface area (Å²) in [6, 6.07) is 22.9. The lowest BCUT2D eigenvalue weighted by Crippen LogP contribution is -2.07. The second-order valence-corrected chi connectivity index (χ2v) is 17.6. The van der Waals surface area contributed by atoms with Gasteiger partial charge in [-0.2, -0.15) is 8.42 Å². The van der Waals surface area contributed by atoms with Crippen LogP contribution in [0.5, 0.6) is 23.0 Å². The lowest BCUT2D eigenvalue weighted by atomic mass is 10.2. The highest BCUT2D eigenvalue weighted by Gasteiger charge is 2.26. The summed E-state index contributed by atoms with van der Waals surface area (Å²) in [5.74, 6) is 0.171. The topological polar surface area (TPSA) is 228 Å². The van der Waals surface area contributed by atoms with E-state index in [1.54, 1.807) is 31.2 Å². The van der Waals surface area contributed by atoms with Gasteiger partial charge in [-0.3, -0.25) is 4.55 Å². The van der Waals surface area contributed by atoms with Gasteiger partial charge in [0, 0.05) is 4.90 Å². The van der Waals surface area contributed by atoms with Crippen LogP contribution in [0.25, 0.3) is 0 Å². The minimum absolute atomic E-state index is 0.0171. The van der Waals surface area contributed by atoms with E-state index < -0.39 is 45.3 Å². The molecule has 0 saturated heterocycles. The molecule has 0 aliphatic carbocycles. The molecule has 0 atom stereocenters. The maximum atomic E-state index is 13.5. The molecule has 3 N–H and O–H groups in total. The maximum absolute atomic E-state index is 13.5. The van der Waals surface area contributed by atoms with Crippen molar-refractivity contribution < 1.29 is 73.3 Å². The molecule has 0 fully saturated rings. The third-order valence-electron chi connectivity index (χ3n) is 7.43. The largest absolute Gasteiger partial charge is 0.497 e. The highest BCUT2D eigenvalue weighted by atomic mass is 32.2. The van der Waals surface area contributed by atoms with Crippen molar-refractivity contribution in [2.45, 2.75) is 47.8 Å². The van der Waals surface area contributed by atoms with Crippen molar-refractivity contribution >= 4 is 53.9 Å². The fourth-order valence-electron chi connectivity index (χ4n) is 4.69. The summed E-state index contributed by atoms with van der Waals surface area (Å²) in [5, 5.41) is 24.5. The normalized spacial score (nSPS) is 12.0. The summed E-state index contributed by atoms with van der Waals surface area (Å²) >= 11 is 0.970. The molecule has 0 radical (unpaired) electrons. The Morgan fingerprint density at radius 2 is 1.11 bits per heavy atom. The molecule has 21 heteroatoms. The molecule has 0 saturated carbocycles. The van der Waals surface area contributed by atoms with Crippen LogP contribution in [0.1, 0.15) is 11.1 Å². The van der Waals surface area contributed by atoms with Crippen LogP contribution in [0.3, 0.4) is 0 Å². The van der Waals surface area contributed by atoms with E-state index in [4.69, 9.17) is 24.7 Å². The van der Waals surface area contributed by atoms with Gasteiger partial charge in [-0.15, -0.1) is 8.67 Å². The molecule has 5 aromatic carbocycles. The number of hydrogen-bond donors (Lipinski definition) is 3. The van der Waals surface area contributed by atoms with Gasteiger partial charge in [0.1, 0.15) is 34.5 Å². The minimum atomic E-state index is -5.08. The molecule has 0 spiro atoms. The number of methoxy groups -OCH3 is 1. The summed E-state index contributed by atoms with van der Waals surface area (Å²) in [6.07, 6.45) is 0. The molecule has 0 aliphatic rings. The van der Waals surface area contributed by atoms with Gasteiger partial charge in [0.2, 0.25) is 19.7 Å². The first-order valence-electron chi connectivity index (χ1n) is 14.9. The fraction of sp³-hybridized carbons (Fsp3) is 0.0909. The van der Waals surface area contributed by atoms with Gasteiger partial charge >= 0.3 is 0 Å². The number of ether oxygens (including phenoxy) is 3. The SMILES string of the molecule is COc1ccc(S(=O)(=O)c2ccc(COc3ccc(Oc4ccc(S(=O)(=O)c5ccc(C)c(SOOO)c5)cc4S(=O)(=O)O)c(SOOO)c3)cc2)cc1. The van der Waals surface area contributed by atoms with Gasteiger partial charge in [0.05, 0.1) is 55.7 Å². The first-order valence-corrected chi connectivity index (χ1v) is 20.8. The Hall–Kier alpha value is -4.23. The standard InChI is InChI=1S/C33H28O16S5/c1-21-3-9-27(18-31(21)50-48-46-34)53(38,39)28-14-16-30(33(19-28)54(40,41)42)45-29-15-8-24(17-32(29)51-49-47-35)44-20-22-4-10-25(11-5-22)52(36,37)26-12-6-23(43-2)7-13-26/h3-19,34-35H,20H2,1-2H3,(H,40,41,42). The second kappa shape index (κ2) is 17.5. The summed E-state index contributed by atoms with van der Waals surface area (Å²) in [5.41, 5.74) is 1.18. The highest BCUT2D eigenvalue weighted by Crippen LogP contribution is 2.40. The van der Waals surface area contributed by atoms with Crippen LogP contribution in [0, 0.1) is 6.92 Å². The Balaban J connectivity index is 1.37. The summed E-state index contributed by atoms with van der Waals surface area (Å²) < 4.78 is 114. The van der Waals surface area contributed by atoms with Gasteiger partial charge in [-0.25, -0.2) is 27.4 Å². The highest BCUT2D eigenvalue weighted by molar-refractivity contribution is 7.95.